The van der Waals surface area contributed by atoms with Crippen molar-refractivity contribution in [3.05, 3.63) is 40.9 Å². The van der Waals surface area contributed by atoms with Crippen LogP contribution in [0.4, 0.5) is 4.39 Å². The van der Waals surface area contributed by atoms with E-state index in [0.717, 1.165) is 37.4 Å². The lowest BCUT2D eigenvalue weighted by Gasteiger charge is -2.39. The Morgan fingerprint density at radius 3 is 2.67 bits per heavy atom. The van der Waals surface area contributed by atoms with Crippen molar-refractivity contribution in [2.24, 2.45) is 17.8 Å². The summed E-state index contributed by atoms with van der Waals surface area (Å²) in [6.07, 6.45) is 8.47. The summed E-state index contributed by atoms with van der Waals surface area (Å²) in [5.74, 6) is 2.95. The Bertz CT molecular complexity index is 639. The highest BCUT2D eigenvalue weighted by molar-refractivity contribution is 6.30. The second-order valence-electron chi connectivity index (χ2n) is 7.65. The normalized spacial score (nSPS) is 31.5. The summed E-state index contributed by atoms with van der Waals surface area (Å²) in [6.45, 7) is 2.74. The van der Waals surface area contributed by atoms with Gasteiger partial charge in [0, 0.05) is 30.2 Å². The maximum Gasteiger partial charge on any atom is 0.142 e. The molecule has 2 nitrogen and oxygen atoms in total. The lowest BCUT2D eigenvalue weighted by molar-refractivity contribution is 0.0451. The van der Waals surface area contributed by atoms with Crippen LogP contribution in [-0.2, 0) is 5.67 Å². The van der Waals surface area contributed by atoms with Crippen LogP contribution < -0.4 is 4.74 Å². The molecule has 1 heterocycles. The molecule has 1 saturated carbocycles. The summed E-state index contributed by atoms with van der Waals surface area (Å²) in [5.41, 5.74) is -0.721. The molecule has 0 unspecified atom stereocenters. The van der Waals surface area contributed by atoms with Crippen molar-refractivity contribution >= 4 is 11.6 Å². The van der Waals surface area contributed by atoms with E-state index in [-0.39, 0.29) is 0 Å². The Labute approximate surface area is 148 Å². The minimum Gasteiger partial charge on any atom is -0.496 e. The average molecular weight is 350 g/mol. The molecule has 3 aliphatic rings. The van der Waals surface area contributed by atoms with Gasteiger partial charge >= 0.3 is 0 Å². The number of nitrogens with zero attached hydrogens (tertiary/aromatic N) is 1. The van der Waals surface area contributed by atoms with Crippen molar-refractivity contribution in [1.82, 2.24) is 4.90 Å². The van der Waals surface area contributed by atoms with E-state index in [1.807, 2.05) is 0 Å². The zero-order valence-corrected chi connectivity index (χ0v) is 14.9. The summed E-state index contributed by atoms with van der Waals surface area (Å²) in [5, 5.41) is 0.569. The van der Waals surface area contributed by atoms with Gasteiger partial charge in [0.15, 0.2) is 0 Å². The highest BCUT2D eigenvalue weighted by Gasteiger charge is 2.41. The number of methoxy groups -OCH3 is 1. The van der Waals surface area contributed by atoms with E-state index in [1.54, 1.807) is 25.3 Å². The third-order valence-corrected chi connectivity index (χ3v) is 6.44. The van der Waals surface area contributed by atoms with Crippen LogP contribution >= 0.6 is 11.6 Å². The molecule has 0 N–H and O–H groups in total. The summed E-state index contributed by atoms with van der Waals surface area (Å²) >= 11 is 6.09. The number of hydrogen-bond donors (Lipinski definition) is 0. The van der Waals surface area contributed by atoms with E-state index in [1.165, 1.54) is 12.8 Å². The monoisotopic (exact) mass is 349 g/mol. The summed E-state index contributed by atoms with van der Waals surface area (Å²) in [4.78, 5) is 2.45. The molecule has 24 heavy (non-hydrogen) atoms. The second kappa shape index (κ2) is 6.34. The van der Waals surface area contributed by atoms with E-state index in [2.05, 4.69) is 17.1 Å². The minimum atomic E-state index is -1.33. The fourth-order valence-corrected chi connectivity index (χ4v) is 5.00. The first-order valence-electron chi connectivity index (χ1n) is 9.01. The molecule has 2 fully saturated rings. The maximum atomic E-state index is 15.6. The molecular weight excluding hydrogens is 325 g/mol. The van der Waals surface area contributed by atoms with Crippen molar-refractivity contribution in [1.29, 1.82) is 0 Å². The smallest absolute Gasteiger partial charge is 0.142 e. The Kier molecular flexibility index (Phi) is 4.34. The van der Waals surface area contributed by atoms with Crippen LogP contribution in [0.5, 0.6) is 5.75 Å². The molecule has 4 heteroatoms. The Balaban J connectivity index is 1.42. The van der Waals surface area contributed by atoms with Gasteiger partial charge in [-0.25, -0.2) is 4.39 Å². The quantitative estimate of drug-likeness (QED) is 0.722. The SMILES string of the molecule is COc1ccc(Cl)cc1C1(F)CCN(C[C@@H]2C[C@H]3C=C[C@H]2C3)CC1. The van der Waals surface area contributed by atoms with E-state index in [0.29, 0.717) is 29.2 Å². The number of allylic oxidation sites excluding steroid dienone is 2. The largest absolute Gasteiger partial charge is 0.496 e. The maximum absolute atomic E-state index is 15.6. The van der Waals surface area contributed by atoms with Gasteiger partial charge in [0.25, 0.3) is 0 Å². The van der Waals surface area contributed by atoms with Gasteiger partial charge in [0.05, 0.1) is 7.11 Å². The number of ether oxygens (including phenoxy) is 1. The van der Waals surface area contributed by atoms with E-state index < -0.39 is 5.67 Å². The van der Waals surface area contributed by atoms with Crippen LogP contribution in [0.25, 0.3) is 0 Å². The number of halogens is 2. The number of alkyl halides is 1. The van der Waals surface area contributed by atoms with E-state index >= 15 is 4.39 Å². The third kappa shape index (κ3) is 2.97. The molecule has 130 valence electrons. The molecule has 0 spiro atoms. The van der Waals surface area contributed by atoms with Gasteiger partial charge in [-0.05, 0) is 61.6 Å². The summed E-state index contributed by atoms with van der Waals surface area (Å²) in [7, 11) is 1.59. The average Bonchev–Trinajstić information content (AvgIpc) is 3.20. The van der Waals surface area contributed by atoms with E-state index in [9.17, 15) is 0 Å². The highest BCUT2D eigenvalue weighted by atomic mass is 35.5. The van der Waals surface area contributed by atoms with Crippen LogP contribution in [0.15, 0.2) is 30.4 Å². The molecule has 1 aromatic rings. The van der Waals surface area contributed by atoms with Gasteiger partial charge in [-0.3, -0.25) is 0 Å². The molecule has 1 aliphatic heterocycles. The number of piperidine rings is 1. The number of rotatable bonds is 4. The molecule has 1 aromatic carbocycles. The lowest BCUT2D eigenvalue weighted by atomic mass is 9.84. The van der Waals surface area contributed by atoms with Crippen LogP contribution in [0.3, 0.4) is 0 Å². The first-order chi connectivity index (χ1) is 11.6. The van der Waals surface area contributed by atoms with Gasteiger partial charge in [0.2, 0.25) is 0 Å². The molecular formula is C20H25ClFNO. The first-order valence-corrected chi connectivity index (χ1v) is 9.39. The van der Waals surface area contributed by atoms with Crippen molar-refractivity contribution in [2.75, 3.05) is 26.7 Å². The third-order valence-electron chi connectivity index (χ3n) is 6.20. The van der Waals surface area contributed by atoms with Gasteiger partial charge in [-0.2, -0.15) is 0 Å². The van der Waals surface area contributed by atoms with Gasteiger partial charge in [-0.1, -0.05) is 23.8 Å². The van der Waals surface area contributed by atoms with Crippen LogP contribution in [0, 0.1) is 17.8 Å². The van der Waals surface area contributed by atoms with Gasteiger partial charge in [-0.15, -0.1) is 0 Å². The highest BCUT2D eigenvalue weighted by Crippen LogP contribution is 2.46. The Morgan fingerprint density at radius 1 is 1.25 bits per heavy atom. The molecule has 1 saturated heterocycles. The molecule has 0 aromatic heterocycles. The van der Waals surface area contributed by atoms with Crippen molar-refractivity contribution in [2.45, 2.75) is 31.4 Å². The minimum absolute atomic E-state index is 0.514. The van der Waals surface area contributed by atoms with Crippen molar-refractivity contribution in [3.63, 3.8) is 0 Å². The zero-order valence-electron chi connectivity index (χ0n) is 14.2. The fraction of sp³-hybridized carbons (Fsp3) is 0.600. The second-order valence-corrected chi connectivity index (χ2v) is 8.09. The zero-order chi connectivity index (χ0) is 16.7. The molecule has 4 rings (SSSR count). The summed E-state index contributed by atoms with van der Waals surface area (Å²) < 4.78 is 21.0. The molecule has 2 bridgehead atoms. The number of likely N-dealkylation sites (tertiary alicyclic amines) is 1. The van der Waals surface area contributed by atoms with Gasteiger partial charge < -0.3 is 9.64 Å². The van der Waals surface area contributed by atoms with Crippen LogP contribution in [0.1, 0.15) is 31.2 Å². The van der Waals surface area contributed by atoms with Crippen LogP contribution in [-0.4, -0.2) is 31.6 Å². The molecule has 0 radical (unpaired) electrons. The van der Waals surface area contributed by atoms with Crippen LogP contribution in [0.2, 0.25) is 5.02 Å². The number of benzene rings is 1. The molecule has 0 amide bonds. The van der Waals surface area contributed by atoms with Crippen molar-refractivity contribution < 1.29 is 9.13 Å². The first kappa shape index (κ1) is 16.4. The molecule has 2 aliphatic carbocycles. The summed E-state index contributed by atoms with van der Waals surface area (Å²) in [6, 6.07) is 5.26. The van der Waals surface area contributed by atoms with Gasteiger partial charge in [0.1, 0.15) is 11.4 Å². The fourth-order valence-electron chi connectivity index (χ4n) is 4.83. The Hall–Kier alpha value is -1.06. The predicted molar refractivity (Wildman–Crippen MR) is 95.3 cm³/mol. The topological polar surface area (TPSA) is 12.5 Å². The standard InChI is InChI=1S/C20H25ClFNO/c1-24-19-5-4-17(21)12-18(19)20(22)6-8-23(9-7-20)13-16-11-14-2-3-15(16)10-14/h2-5,12,14-16H,6-11,13H2,1H3/t14-,15-,16-/m0/s1. The van der Waals surface area contributed by atoms with E-state index in [4.69, 9.17) is 16.3 Å². The predicted octanol–water partition coefficient (Wildman–Crippen LogP) is 4.82. The lowest BCUT2D eigenvalue weighted by Crippen LogP contribution is -2.42. The van der Waals surface area contributed by atoms with Crippen molar-refractivity contribution in [3.8, 4) is 5.75 Å². The molecule has 3 atom stereocenters. The number of hydrogen-bond acceptors (Lipinski definition) is 2. The number of fused-ring (bicyclic) bond motifs is 2. The Morgan fingerprint density at radius 2 is 2.04 bits per heavy atom.